The molecule has 118 valence electrons. The van der Waals surface area contributed by atoms with Gasteiger partial charge in [0.2, 0.25) is 11.8 Å². The fourth-order valence-corrected chi connectivity index (χ4v) is 1.54. The molecule has 0 aliphatic heterocycles. The molecule has 0 aliphatic rings. The lowest BCUT2D eigenvalue weighted by atomic mass is 10.8. The summed E-state index contributed by atoms with van der Waals surface area (Å²) in [5.74, 6) is -3.04. The van der Waals surface area contributed by atoms with Crippen LogP contribution in [0.5, 0.6) is 0 Å². The molecule has 0 fully saturated rings. The molecule has 0 heterocycles. The second-order valence-corrected chi connectivity index (χ2v) is 6.78. The van der Waals surface area contributed by atoms with E-state index in [9.17, 15) is 26.4 Å². The molecule has 4 N–H and O–H groups in total. The Morgan fingerprint density at radius 2 is 1.05 bits per heavy atom. The summed E-state index contributed by atoms with van der Waals surface area (Å²) >= 11 is 0. The van der Waals surface area contributed by atoms with E-state index in [1.54, 1.807) is 0 Å². The van der Waals surface area contributed by atoms with E-state index in [1.165, 1.54) is 0 Å². The van der Waals surface area contributed by atoms with Gasteiger partial charge in [-0.25, -0.2) is 16.8 Å². The second kappa shape index (κ2) is 11.2. The Morgan fingerprint density at radius 1 is 0.850 bits per heavy atom. The molecule has 8 nitrogen and oxygen atoms in total. The van der Waals surface area contributed by atoms with Crippen molar-refractivity contribution in [2.24, 2.45) is 11.5 Å². The van der Waals surface area contributed by atoms with E-state index < -0.39 is 43.0 Å². The van der Waals surface area contributed by atoms with Crippen LogP contribution in [-0.4, -0.2) is 40.2 Å². The Hall–Kier alpha value is -1.68. The first-order valence-corrected chi connectivity index (χ1v) is 8.66. The fraction of sp³-hybridized carbons (Fsp3) is 0.400. The van der Waals surface area contributed by atoms with Crippen molar-refractivity contribution in [2.45, 2.75) is 13.8 Å². The van der Waals surface area contributed by atoms with Crippen molar-refractivity contribution in [3.05, 3.63) is 24.0 Å². The normalized spacial score (nSPS) is 9.90. The molecule has 0 spiro atoms. The molecule has 0 bridgehead atoms. The predicted octanol–water partition coefficient (Wildman–Crippen LogP) is -0.914. The third-order valence-electron chi connectivity index (χ3n) is 1.19. The maximum absolute atomic E-state index is 10.4. The molecular weight excluding hydrogens is 308 g/mol. The number of primary amides is 2. The zero-order chi connectivity index (χ0) is 17.0. The Balaban J connectivity index is -0.000000257. The minimum atomic E-state index is -3.43. The maximum atomic E-state index is 10.4. The van der Waals surface area contributed by atoms with Gasteiger partial charge in [0, 0.05) is 10.8 Å². The summed E-state index contributed by atoms with van der Waals surface area (Å²) in [4.78, 5) is 19.9. The first kappa shape index (κ1) is 23.4. The average molecular weight is 328 g/mol. The van der Waals surface area contributed by atoms with Crippen molar-refractivity contribution in [3.63, 3.8) is 0 Å². The van der Waals surface area contributed by atoms with Gasteiger partial charge in [0.1, 0.15) is 11.5 Å². The predicted molar refractivity (Wildman–Crippen MR) is 77.7 cm³/mol. The SMILES string of the molecule is C=CS(=O)(=O)CC(N)=O.C=CS(=O)(=O)CC(N)=O.CC. The number of carbonyl (C=O) groups excluding carboxylic acids is 2. The van der Waals surface area contributed by atoms with Crippen LogP contribution < -0.4 is 11.5 Å². The minimum absolute atomic E-state index is 0.656. The summed E-state index contributed by atoms with van der Waals surface area (Å²) in [5, 5.41) is 1.41. The molecule has 0 saturated carbocycles. The Bertz CT molecular complexity index is 484. The van der Waals surface area contributed by atoms with E-state index in [-0.39, 0.29) is 0 Å². The number of hydrogen-bond acceptors (Lipinski definition) is 6. The van der Waals surface area contributed by atoms with Gasteiger partial charge in [-0.05, 0) is 0 Å². The Kier molecular flexibility index (Phi) is 13.1. The lowest BCUT2D eigenvalue weighted by Gasteiger charge is -1.89. The Labute approximate surface area is 119 Å². The van der Waals surface area contributed by atoms with Crippen LogP contribution in [-0.2, 0) is 29.3 Å². The van der Waals surface area contributed by atoms with Gasteiger partial charge in [-0.3, -0.25) is 9.59 Å². The van der Waals surface area contributed by atoms with Crippen molar-refractivity contribution >= 4 is 31.5 Å². The summed E-state index contributed by atoms with van der Waals surface area (Å²) < 4.78 is 41.6. The van der Waals surface area contributed by atoms with Gasteiger partial charge < -0.3 is 11.5 Å². The third kappa shape index (κ3) is 18.7. The molecule has 20 heavy (non-hydrogen) atoms. The van der Waals surface area contributed by atoms with Crippen LogP contribution in [0.4, 0.5) is 0 Å². The monoisotopic (exact) mass is 328 g/mol. The molecule has 0 aliphatic carbocycles. The van der Waals surface area contributed by atoms with E-state index >= 15 is 0 Å². The second-order valence-electron chi connectivity index (χ2n) is 2.88. The maximum Gasteiger partial charge on any atom is 0.232 e. The largest absolute Gasteiger partial charge is 0.369 e. The number of hydrogen-bond donors (Lipinski definition) is 2. The van der Waals surface area contributed by atoms with Gasteiger partial charge in [-0.2, -0.15) is 0 Å². The topological polar surface area (TPSA) is 154 Å². The number of nitrogens with two attached hydrogens (primary N) is 2. The van der Waals surface area contributed by atoms with Crippen LogP contribution in [0.15, 0.2) is 24.0 Å². The zero-order valence-electron chi connectivity index (χ0n) is 11.4. The van der Waals surface area contributed by atoms with E-state index in [1.807, 2.05) is 13.8 Å². The number of rotatable bonds is 6. The van der Waals surface area contributed by atoms with Crippen LogP contribution in [0.2, 0.25) is 0 Å². The molecule has 0 unspecified atom stereocenters. The van der Waals surface area contributed by atoms with Crippen LogP contribution >= 0.6 is 0 Å². The van der Waals surface area contributed by atoms with Gasteiger partial charge in [0.15, 0.2) is 19.7 Å². The van der Waals surface area contributed by atoms with Gasteiger partial charge in [0.05, 0.1) is 0 Å². The molecule has 0 aromatic rings. The third-order valence-corrected chi connectivity index (χ3v) is 3.58. The highest BCUT2D eigenvalue weighted by atomic mass is 32.2. The van der Waals surface area contributed by atoms with E-state index in [0.717, 1.165) is 0 Å². The van der Waals surface area contributed by atoms with Crippen molar-refractivity contribution in [2.75, 3.05) is 11.5 Å². The molecular formula is C10H20N2O6S2. The highest BCUT2D eigenvalue weighted by Gasteiger charge is 2.08. The molecule has 0 saturated heterocycles. The lowest BCUT2D eigenvalue weighted by Crippen LogP contribution is -2.21. The van der Waals surface area contributed by atoms with Crippen LogP contribution in [0, 0.1) is 0 Å². The summed E-state index contributed by atoms with van der Waals surface area (Å²) in [6.07, 6.45) is 0. The van der Waals surface area contributed by atoms with E-state index in [0.29, 0.717) is 10.8 Å². The Morgan fingerprint density at radius 3 is 1.10 bits per heavy atom. The quantitative estimate of drug-likeness (QED) is 0.643. The summed E-state index contributed by atoms with van der Waals surface area (Å²) in [6.45, 7) is 9.98. The van der Waals surface area contributed by atoms with Crippen LogP contribution in [0.25, 0.3) is 0 Å². The molecule has 10 heteroatoms. The lowest BCUT2D eigenvalue weighted by molar-refractivity contribution is -0.116. The molecule has 0 aromatic carbocycles. The van der Waals surface area contributed by atoms with Gasteiger partial charge in [-0.15, -0.1) is 0 Å². The summed E-state index contributed by atoms with van der Waals surface area (Å²) in [7, 11) is -6.86. The average Bonchev–Trinajstić information content (AvgIpc) is 2.29. The van der Waals surface area contributed by atoms with Crippen molar-refractivity contribution < 1.29 is 26.4 Å². The first-order chi connectivity index (χ1) is 8.95. The van der Waals surface area contributed by atoms with Crippen LogP contribution in [0.1, 0.15) is 13.8 Å². The van der Waals surface area contributed by atoms with Crippen molar-refractivity contribution in [3.8, 4) is 0 Å². The zero-order valence-corrected chi connectivity index (χ0v) is 13.0. The summed E-state index contributed by atoms with van der Waals surface area (Å²) in [6, 6.07) is 0. The van der Waals surface area contributed by atoms with E-state index in [2.05, 4.69) is 24.6 Å². The number of carbonyl (C=O) groups is 2. The standard InChI is InChI=1S/2C4H7NO3S.C2H6/c2*1-2-9(7,8)3-4(5)6;1-2/h2*2H,1,3H2,(H2,5,6);1-2H3. The van der Waals surface area contributed by atoms with E-state index in [4.69, 9.17) is 0 Å². The minimum Gasteiger partial charge on any atom is -0.369 e. The highest BCUT2D eigenvalue weighted by Crippen LogP contribution is 1.87. The molecule has 0 atom stereocenters. The van der Waals surface area contributed by atoms with Crippen molar-refractivity contribution in [1.82, 2.24) is 0 Å². The van der Waals surface area contributed by atoms with Gasteiger partial charge in [0.25, 0.3) is 0 Å². The number of amides is 2. The number of sulfone groups is 2. The highest BCUT2D eigenvalue weighted by molar-refractivity contribution is 7.95. The van der Waals surface area contributed by atoms with Crippen LogP contribution in [0.3, 0.4) is 0 Å². The molecule has 0 aromatic heterocycles. The molecule has 2 amide bonds. The molecule has 0 rings (SSSR count). The first-order valence-electron chi connectivity index (χ1n) is 5.22. The molecule has 0 radical (unpaired) electrons. The summed E-state index contributed by atoms with van der Waals surface area (Å²) in [5.41, 5.74) is 9.18. The van der Waals surface area contributed by atoms with Gasteiger partial charge >= 0.3 is 0 Å². The smallest absolute Gasteiger partial charge is 0.232 e. The van der Waals surface area contributed by atoms with Gasteiger partial charge in [-0.1, -0.05) is 27.0 Å². The van der Waals surface area contributed by atoms with Crippen molar-refractivity contribution in [1.29, 1.82) is 0 Å². The fourth-order valence-electron chi connectivity index (χ4n) is 0.514.